The molecule has 4 nitrogen and oxygen atoms in total. The van der Waals surface area contributed by atoms with Crippen LogP contribution in [0.4, 0.5) is 0 Å². The number of aliphatic hydroxyl groups excluding tert-OH is 1. The number of hydrogen-bond acceptors (Lipinski definition) is 4. The van der Waals surface area contributed by atoms with E-state index in [1.54, 1.807) is 18.2 Å². The van der Waals surface area contributed by atoms with Crippen molar-refractivity contribution in [1.82, 2.24) is 0 Å². The fourth-order valence-electron chi connectivity index (χ4n) is 1.60. The number of rotatable bonds is 1. The first kappa shape index (κ1) is 9.73. The zero-order valence-electron chi connectivity index (χ0n) is 8.10. The summed E-state index contributed by atoms with van der Waals surface area (Å²) in [6.45, 7) is 1.49. The summed E-state index contributed by atoms with van der Waals surface area (Å²) in [7, 11) is 0. The number of allylic oxidation sites excluding steroid dienone is 1. The minimum atomic E-state index is -1.99. The van der Waals surface area contributed by atoms with E-state index in [0.29, 0.717) is 12.0 Å². The molecule has 0 spiro atoms. The number of aldehydes is 1. The number of hydrogen-bond donors (Lipinski definition) is 2. The second-order valence-corrected chi connectivity index (χ2v) is 3.39. The minimum Gasteiger partial charge on any atom is -0.506 e. The molecule has 0 saturated heterocycles. The Labute approximate surface area is 86.4 Å². The molecule has 78 valence electrons. The normalized spacial score (nSPS) is 24.4. The van der Waals surface area contributed by atoms with Gasteiger partial charge in [0.2, 0.25) is 5.60 Å². The van der Waals surface area contributed by atoms with Gasteiger partial charge in [-0.2, -0.15) is 0 Å². The zero-order chi connectivity index (χ0) is 11.1. The molecular formula is C11H10O4. The van der Waals surface area contributed by atoms with Gasteiger partial charge in [-0.3, -0.25) is 4.79 Å². The largest absolute Gasteiger partial charge is 0.506 e. The van der Waals surface area contributed by atoms with E-state index < -0.39 is 11.4 Å². The average molecular weight is 206 g/mol. The monoisotopic (exact) mass is 206 g/mol. The zero-order valence-corrected chi connectivity index (χ0v) is 8.10. The van der Waals surface area contributed by atoms with E-state index in [2.05, 4.69) is 0 Å². The molecule has 0 amide bonds. The van der Waals surface area contributed by atoms with Crippen LogP contribution in [0.2, 0.25) is 0 Å². The maximum Gasteiger partial charge on any atom is 0.209 e. The molecule has 2 rings (SSSR count). The van der Waals surface area contributed by atoms with Crippen molar-refractivity contribution in [2.45, 2.75) is 12.5 Å². The van der Waals surface area contributed by atoms with E-state index in [1.807, 2.05) is 0 Å². The molecule has 4 heteroatoms. The molecule has 0 radical (unpaired) electrons. The lowest BCUT2D eigenvalue weighted by Gasteiger charge is -2.29. The first-order chi connectivity index (χ1) is 7.09. The van der Waals surface area contributed by atoms with Gasteiger partial charge in [0, 0.05) is 5.56 Å². The lowest BCUT2D eigenvalue weighted by Crippen LogP contribution is -2.34. The molecule has 1 aromatic rings. The maximum atomic E-state index is 10.9. The van der Waals surface area contributed by atoms with Gasteiger partial charge in [0.05, 0.1) is 0 Å². The quantitative estimate of drug-likeness (QED) is 0.679. The van der Waals surface area contributed by atoms with Crippen LogP contribution >= 0.6 is 0 Å². The Balaban J connectivity index is 2.69. The first-order valence-electron chi connectivity index (χ1n) is 4.46. The fourth-order valence-corrected chi connectivity index (χ4v) is 1.60. The Bertz CT molecular complexity index is 450. The smallest absolute Gasteiger partial charge is 0.209 e. The van der Waals surface area contributed by atoms with Crippen LogP contribution < -0.4 is 4.74 Å². The summed E-state index contributed by atoms with van der Waals surface area (Å²) in [4.78, 5) is 10.9. The maximum absolute atomic E-state index is 10.9. The molecule has 2 N–H and O–H groups in total. The standard InChI is InChI=1S/C11H10O4/c1-7-10(13)11(14,6-12)8-4-2-3-5-9(8)15-7/h2-6,13-14H,1H3. The Morgan fingerprint density at radius 2 is 2.07 bits per heavy atom. The molecule has 1 atom stereocenters. The van der Waals surface area contributed by atoms with Gasteiger partial charge in [-0.05, 0) is 13.0 Å². The van der Waals surface area contributed by atoms with Crippen LogP contribution in [0.3, 0.4) is 0 Å². The van der Waals surface area contributed by atoms with Gasteiger partial charge in [0.1, 0.15) is 11.5 Å². The highest BCUT2D eigenvalue weighted by Crippen LogP contribution is 2.39. The van der Waals surface area contributed by atoms with Crippen molar-refractivity contribution in [2.75, 3.05) is 0 Å². The Hall–Kier alpha value is -1.81. The average Bonchev–Trinajstić information content (AvgIpc) is 2.26. The van der Waals surface area contributed by atoms with Gasteiger partial charge in [0.15, 0.2) is 12.0 Å². The molecule has 0 fully saturated rings. The molecule has 1 aromatic carbocycles. The van der Waals surface area contributed by atoms with Crippen LogP contribution in [0.5, 0.6) is 5.75 Å². The highest BCUT2D eigenvalue weighted by molar-refractivity contribution is 5.73. The van der Waals surface area contributed by atoms with E-state index in [1.165, 1.54) is 13.0 Å². The van der Waals surface area contributed by atoms with E-state index in [0.717, 1.165) is 0 Å². The number of benzene rings is 1. The molecule has 0 aliphatic carbocycles. The summed E-state index contributed by atoms with van der Waals surface area (Å²) >= 11 is 0. The lowest BCUT2D eigenvalue weighted by molar-refractivity contribution is -0.125. The molecule has 1 unspecified atom stereocenters. The van der Waals surface area contributed by atoms with Crippen LogP contribution in [0.1, 0.15) is 12.5 Å². The molecule has 1 heterocycles. The Morgan fingerprint density at radius 3 is 2.73 bits per heavy atom. The molecule has 0 bridgehead atoms. The third kappa shape index (κ3) is 1.22. The van der Waals surface area contributed by atoms with Crippen molar-refractivity contribution < 1.29 is 19.7 Å². The van der Waals surface area contributed by atoms with E-state index in [9.17, 15) is 15.0 Å². The van der Waals surface area contributed by atoms with Crippen LogP contribution in [-0.2, 0) is 10.4 Å². The highest BCUT2D eigenvalue weighted by Gasteiger charge is 2.41. The number of aliphatic hydroxyl groups is 2. The summed E-state index contributed by atoms with van der Waals surface area (Å²) in [5, 5.41) is 19.6. The van der Waals surface area contributed by atoms with Gasteiger partial charge in [0.25, 0.3) is 0 Å². The number of fused-ring (bicyclic) bond motifs is 1. The number of carbonyl (C=O) groups is 1. The Kier molecular flexibility index (Phi) is 2.01. The summed E-state index contributed by atoms with van der Waals surface area (Å²) in [5.74, 6) is 0.0434. The summed E-state index contributed by atoms with van der Waals surface area (Å²) < 4.78 is 5.25. The topological polar surface area (TPSA) is 66.8 Å². The molecule has 15 heavy (non-hydrogen) atoms. The number of ether oxygens (including phenoxy) is 1. The molecule has 1 aliphatic heterocycles. The number of carbonyl (C=O) groups excluding carboxylic acids is 1. The van der Waals surface area contributed by atoms with Crippen molar-refractivity contribution in [1.29, 1.82) is 0 Å². The van der Waals surface area contributed by atoms with Gasteiger partial charge in [-0.1, -0.05) is 18.2 Å². The van der Waals surface area contributed by atoms with Gasteiger partial charge < -0.3 is 14.9 Å². The second-order valence-electron chi connectivity index (χ2n) is 3.39. The number of para-hydroxylation sites is 1. The molecule has 0 aromatic heterocycles. The highest BCUT2D eigenvalue weighted by atomic mass is 16.5. The lowest BCUT2D eigenvalue weighted by atomic mass is 9.90. The van der Waals surface area contributed by atoms with Crippen LogP contribution in [-0.4, -0.2) is 16.5 Å². The minimum absolute atomic E-state index is 0.128. The van der Waals surface area contributed by atoms with E-state index in [-0.39, 0.29) is 11.3 Å². The third-order valence-corrected chi connectivity index (χ3v) is 2.43. The van der Waals surface area contributed by atoms with Crippen LogP contribution in [0, 0.1) is 0 Å². The summed E-state index contributed by atoms with van der Waals surface area (Å²) in [5.41, 5.74) is -1.73. The molecular weight excluding hydrogens is 196 g/mol. The Morgan fingerprint density at radius 1 is 1.40 bits per heavy atom. The van der Waals surface area contributed by atoms with Crippen molar-refractivity contribution in [3.8, 4) is 5.75 Å². The third-order valence-electron chi connectivity index (χ3n) is 2.43. The predicted molar refractivity (Wildman–Crippen MR) is 52.4 cm³/mol. The van der Waals surface area contributed by atoms with Gasteiger partial charge in [-0.15, -0.1) is 0 Å². The summed E-state index contributed by atoms with van der Waals surface area (Å²) in [6.07, 6.45) is 0.299. The first-order valence-corrected chi connectivity index (χ1v) is 4.46. The van der Waals surface area contributed by atoms with Gasteiger partial charge in [-0.25, -0.2) is 0 Å². The predicted octanol–water partition coefficient (Wildman–Crippen LogP) is 1.25. The van der Waals surface area contributed by atoms with Crippen molar-refractivity contribution in [3.63, 3.8) is 0 Å². The van der Waals surface area contributed by atoms with Gasteiger partial charge >= 0.3 is 0 Å². The van der Waals surface area contributed by atoms with Crippen LogP contribution in [0.25, 0.3) is 0 Å². The van der Waals surface area contributed by atoms with Crippen LogP contribution in [0.15, 0.2) is 35.8 Å². The molecule has 1 aliphatic rings. The fraction of sp³-hybridized carbons (Fsp3) is 0.182. The van der Waals surface area contributed by atoms with Crippen molar-refractivity contribution in [3.05, 3.63) is 41.3 Å². The molecule has 0 saturated carbocycles. The van der Waals surface area contributed by atoms with E-state index >= 15 is 0 Å². The SMILES string of the molecule is CC1=C(O)C(O)(C=O)c2ccccc2O1. The second kappa shape index (κ2) is 3.10. The summed E-state index contributed by atoms with van der Waals surface area (Å²) in [6, 6.07) is 6.54. The van der Waals surface area contributed by atoms with Crippen molar-refractivity contribution >= 4 is 6.29 Å². The van der Waals surface area contributed by atoms with E-state index in [4.69, 9.17) is 4.74 Å². The van der Waals surface area contributed by atoms with Crippen molar-refractivity contribution in [2.24, 2.45) is 0 Å².